The summed E-state index contributed by atoms with van der Waals surface area (Å²) in [7, 11) is -12.5. The van der Waals surface area contributed by atoms with Gasteiger partial charge in [-0.2, -0.15) is 25.6 Å². The fourth-order valence-electron chi connectivity index (χ4n) is 0.163. The van der Waals surface area contributed by atoms with Gasteiger partial charge in [0.15, 0.2) is 0 Å². The van der Waals surface area contributed by atoms with E-state index in [1.807, 2.05) is 0 Å². The lowest BCUT2D eigenvalue weighted by Crippen LogP contribution is -2.24. The third kappa shape index (κ3) is 3.48. The van der Waals surface area contributed by atoms with Gasteiger partial charge in [0.25, 0.3) is 0 Å². The third-order valence-corrected chi connectivity index (χ3v) is 2.56. The Morgan fingerprint density at radius 1 is 1.33 bits per heavy atom. The van der Waals surface area contributed by atoms with Crippen molar-refractivity contribution >= 4 is 18.0 Å². The van der Waals surface area contributed by atoms with Crippen molar-refractivity contribution in [3.8, 4) is 0 Å². The van der Waals surface area contributed by atoms with Crippen LogP contribution in [0.3, 0.4) is 0 Å². The standard InChI is InChI=1S/CHF4O5PS/c2-1(3,4)12(8,9)10-11(5,6)7/h(H,6,7). The van der Waals surface area contributed by atoms with E-state index in [0.717, 1.165) is 0 Å². The SMILES string of the molecule is O=P(O)(F)OS(=O)(=O)C(F)(F)F. The number of rotatable bonds is 2. The second kappa shape index (κ2) is 2.95. The van der Waals surface area contributed by atoms with Gasteiger partial charge in [0.05, 0.1) is 0 Å². The molecule has 0 amide bonds. The summed E-state index contributed by atoms with van der Waals surface area (Å²) in [6.07, 6.45) is 0. The summed E-state index contributed by atoms with van der Waals surface area (Å²) in [5, 5.41) is 0. The van der Waals surface area contributed by atoms with Crippen molar-refractivity contribution in [1.82, 2.24) is 0 Å². The monoisotopic (exact) mass is 232 g/mol. The summed E-state index contributed by atoms with van der Waals surface area (Å²) in [5.41, 5.74) is -5.92. The molecule has 0 bridgehead atoms. The molecule has 0 aromatic rings. The summed E-state index contributed by atoms with van der Waals surface area (Å²) < 4.78 is 76.4. The van der Waals surface area contributed by atoms with Crippen molar-refractivity contribution in [1.29, 1.82) is 0 Å². The van der Waals surface area contributed by atoms with E-state index in [1.54, 1.807) is 0 Å². The fourth-order valence-corrected chi connectivity index (χ4v) is 1.47. The van der Waals surface area contributed by atoms with E-state index < -0.39 is 23.5 Å². The van der Waals surface area contributed by atoms with Gasteiger partial charge in [0.1, 0.15) is 0 Å². The highest BCUT2D eigenvalue weighted by Gasteiger charge is 2.51. The van der Waals surface area contributed by atoms with Crippen LogP contribution in [-0.4, -0.2) is 18.8 Å². The Morgan fingerprint density at radius 3 is 1.75 bits per heavy atom. The summed E-state index contributed by atoms with van der Waals surface area (Å²) >= 11 is 0. The molecule has 0 aromatic heterocycles. The molecule has 0 aliphatic heterocycles. The van der Waals surface area contributed by atoms with E-state index in [1.165, 1.54) is 0 Å². The summed E-state index contributed by atoms with van der Waals surface area (Å²) in [6.45, 7) is 0. The minimum Gasteiger partial charge on any atom is -0.298 e. The van der Waals surface area contributed by atoms with E-state index in [-0.39, 0.29) is 0 Å². The molecular formula is CHF4O5PS. The topological polar surface area (TPSA) is 80.7 Å². The molecule has 5 nitrogen and oxygen atoms in total. The maximum absolute atomic E-state index is 11.4. The van der Waals surface area contributed by atoms with Gasteiger partial charge < -0.3 is 0 Å². The highest BCUT2D eigenvalue weighted by Crippen LogP contribution is 2.48. The quantitative estimate of drug-likeness (QED) is 0.435. The van der Waals surface area contributed by atoms with Crippen LogP contribution in [0.25, 0.3) is 0 Å². The maximum Gasteiger partial charge on any atom is 0.525 e. The zero-order valence-corrected chi connectivity index (χ0v) is 6.66. The minimum atomic E-state index is -6.34. The Kier molecular flexibility index (Phi) is 2.90. The first-order chi connectivity index (χ1) is 4.96. The lowest BCUT2D eigenvalue weighted by Gasteiger charge is -2.06. The molecular weight excluding hydrogens is 231 g/mol. The van der Waals surface area contributed by atoms with Crippen LogP contribution in [0, 0.1) is 0 Å². The van der Waals surface area contributed by atoms with Crippen LogP contribution in [0.1, 0.15) is 0 Å². The van der Waals surface area contributed by atoms with Gasteiger partial charge in [-0.3, -0.25) is 4.89 Å². The highest BCUT2D eigenvalue weighted by atomic mass is 32.2. The minimum absolute atomic E-state index is 2.28. The van der Waals surface area contributed by atoms with Gasteiger partial charge in [-0.15, -0.1) is 4.20 Å². The second-order valence-corrected chi connectivity index (χ2v) is 4.30. The fraction of sp³-hybridized carbons (Fsp3) is 1.00. The number of hydrogen-bond donors (Lipinski definition) is 1. The highest BCUT2D eigenvalue weighted by molar-refractivity contribution is 7.91. The normalized spacial score (nSPS) is 18.8. The largest absolute Gasteiger partial charge is 0.525 e. The van der Waals surface area contributed by atoms with Crippen LogP contribution < -0.4 is 0 Å². The molecule has 0 fully saturated rings. The molecule has 74 valence electrons. The summed E-state index contributed by atoms with van der Waals surface area (Å²) in [4.78, 5) is 7.50. The van der Waals surface area contributed by atoms with Crippen molar-refractivity contribution in [3.05, 3.63) is 0 Å². The first kappa shape index (κ1) is 11.8. The van der Waals surface area contributed by atoms with Crippen molar-refractivity contribution in [3.63, 3.8) is 0 Å². The smallest absolute Gasteiger partial charge is 0.298 e. The average molecular weight is 232 g/mol. The third-order valence-electron chi connectivity index (χ3n) is 0.474. The van der Waals surface area contributed by atoms with Crippen LogP contribution in [0.15, 0.2) is 0 Å². The number of hydrogen-bond acceptors (Lipinski definition) is 4. The lowest BCUT2D eigenvalue weighted by atomic mass is 11.6. The first-order valence-electron chi connectivity index (χ1n) is 2.01. The maximum atomic E-state index is 11.4. The van der Waals surface area contributed by atoms with Crippen molar-refractivity contribution in [2.24, 2.45) is 0 Å². The summed E-state index contributed by atoms with van der Waals surface area (Å²) in [6, 6.07) is 0. The van der Waals surface area contributed by atoms with Gasteiger partial charge in [-0.1, -0.05) is 0 Å². The molecule has 0 saturated carbocycles. The van der Waals surface area contributed by atoms with Gasteiger partial charge in [0.2, 0.25) is 0 Å². The van der Waals surface area contributed by atoms with Crippen molar-refractivity contribution in [2.45, 2.75) is 5.51 Å². The van der Waals surface area contributed by atoms with Crippen LogP contribution in [0.5, 0.6) is 0 Å². The van der Waals surface area contributed by atoms with E-state index in [4.69, 9.17) is 4.89 Å². The Morgan fingerprint density at radius 2 is 1.67 bits per heavy atom. The first-order valence-corrected chi connectivity index (χ1v) is 4.88. The Labute approximate surface area is 63.7 Å². The van der Waals surface area contributed by atoms with Crippen LogP contribution in [0.4, 0.5) is 17.4 Å². The average Bonchev–Trinajstić information content (AvgIpc) is 1.52. The number of halogens is 4. The zero-order chi connectivity index (χ0) is 10.2. The van der Waals surface area contributed by atoms with Gasteiger partial charge in [-0.05, 0) is 0 Å². The van der Waals surface area contributed by atoms with Crippen LogP contribution >= 0.6 is 7.91 Å². The molecule has 0 rings (SSSR count). The van der Waals surface area contributed by atoms with Gasteiger partial charge >= 0.3 is 23.5 Å². The molecule has 0 aliphatic rings. The van der Waals surface area contributed by atoms with E-state index >= 15 is 0 Å². The molecule has 1 unspecified atom stereocenters. The molecule has 0 radical (unpaired) electrons. The molecule has 0 aromatic carbocycles. The molecule has 0 spiro atoms. The second-order valence-electron chi connectivity index (χ2n) is 1.43. The summed E-state index contributed by atoms with van der Waals surface area (Å²) in [5.74, 6) is 0. The zero-order valence-electron chi connectivity index (χ0n) is 4.95. The number of alkyl halides is 3. The Hall–Kier alpha value is -0.180. The van der Waals surface area contributed by atoms with Crippen molar-refractivity contribution in [2.75, 3.05) is 0 Å². The Bertz CT molecular complexity index is 296. The van der Waals surface area contributed by atoms with E-state index in [0.29, 0.717) is 0 Å². The van der Waals surface area contributed by atoms with E-state index in [2.05, 4.69) is 3.97 Å². The molecule has 11 heteroatoms. The van der Waals surface area contributed by atoms with Crippen molar-refractivity contribution < 1.29 is 39.2 Å². The molecule has 0 aliphatic carbocycles. The Balaban J connectivity index is 4.83. The predicted molar refractivity (Wildman–Crippen MR) is 27.0 cm³/mol. The van der Waals surface area contributed by atoms with Crippen LogP contribution in [-0.2, 0) is 18.7 Å². The van der Waals surface area contributed by atoms with E-state index in [9.17, 15) is 30.4 Å². The molecule has 12 heavy (non-hydrogen) atoms. The predicted octanol–water partition coefficient (Wildman–Crippen LogP) is 0.922. The van der Waals surface area contributed by atoms with Gasteiger partial charge in [-0.25, -0.2) is 4.57 Å². The molecule has 0 heterocycles. The molecule has 1 atom stereocenters. The van der Waals surface area contributed by atoms with Crippen LogP contribution in [0.2, 0.25) is 0 Å². The molecule has 0 saturated heterocycles. The lowest BCUT2D eigenvalue weighted by molar-refractivity contribution is -0.0506. The molecule has 1 N–H and O–H groups in total. The van der Waals surface area contributed by atoms with Gasteiger partial charge in [0, 0.05) is 0 Å².